The van der Waals surface area contributed by atoms with Crippen molar-refractivity contribution in [3.63, 3.8) is 0 Å². The van der Waals surface area contributed by atoms with Gasteiger partial charge in [0.1, 0.15) is 12.3 Å². The molecular formula is C13H17NO4. The molecule has 0 heterocycles. The topological polar surface area (TPSA) is 75.6 Å². The van der Waals surface area contributed by atoms with E-state index in [9.17, 15) is 9.59 Å². The minimum Gasteiger partial charge on any atom is -0.480 e. The summed E-state index contributed by atoms with van der Waals surface area (Å²) in [5, 5.41) is 10.5. The minimum atomic E-state index is -1.12. The van der Waals surface area contributed by atoms with Gasteiger partial charge < -0.3 is 15.2 Å². The number of rotatable bonds is 3. The fourth-order valence-corrected chi connectivity index (χ4v) is 1.32. The molecule has 0 atom stereocenters. The van der Waals surface area contributed by atoms with Gasteiger partial charge in [0.25, 0.3) is 0 Å². The molecule has 1 rings (SSSR count). The Kier molecular flexibility index (Phi) is 4.31. The number of carboxylic acids is 1. The summed E-state index contributed by atoms with van der Waals surface area (Å²) in [5.41, 5.74) is 0.989. The molecule has 0 aliphatic carbocycles. The van der Waals surface area contributed by atoms with E-state index in [1.165, 1.54) is 0 Å². The summed E-state index contributed by atoms with van der Waals surface area (Å²) in [5.74, 6) is -0.722. The Labute approximate surface area is 106 Å². The predicted molar refractivity (Wildman–Crippen MR) is 66.8 cm³/mol. The summed E-state index contributed by atoms with van der Waals surface area (Å²) in [4.78, 5) is 21.6. The van der Waals surface area contributed by atoms with E-state index < -0.39 is 18.6 Å². The lowest BCUT2D eigenvalue weighted by atomic mass is 9.87. The third-order valence-corrected chi connectivity index (χ3v) is 2.29. The highest BCUT2D eigenvalue weighted by molar-refractivity contribution is 5.77. The van der Waals surface area contributed by atoms with Gasteiger partial charge in [-0.1, -0.05) is 32.9 Å². The molecule has 0 aliphatic heterocycles. The van der Waals surface area contributed by atoms with Gasteiger partial charge in [-0.2, -0.15) is 0 Å². The molecule has 5 nitrogen and oxygen atoms in total. The number of carbonyl (C=O) groups excluding carboxylic acids is 1. The third kappa shape index (κ3) is 4.45. The molecule has 0 spiro atoms. The maximum absolute atomic E-state index is 11.3. The first-order valence-corrected chi connectivity index (χ1v) is 5.57. The number of hydrogen-bond donors (Lipinski definition) is 2. The molecular weight excluding hydrogens is 234 g/mol. The SMILES string of the molecule is CC(C)(C)c1cccc(OC(=O)NCC(=O)O)c1. The van der Waals surface area contributed by atoms with Crippen LogP contribution in [0.1, 0.15) is 26.3 Å². The van der Waals surface area contributed by atoms with Gasteiger partial charge in [0, 0.05) is 0 Å². The van der Waals surface area contributed by atoms with E-state index in [0.29, 0.717) is 5.75 Å². The summed E-state index contributed by atoms with van der Waals surface area (Å²) >= 11 is 0. The second kappa shape index (κ2) is 5.53. The average Bonchev–Trinajstić information content (AvgIpc) is 2.25. The molecule has 0 bridgehead atoms. The van der Waals surface area contributed by atoms with Crippen molar-refractivity contribution in [3.05, 3.63) is 29.8 Å². The van der Waals surface area contributed by atoms with Crippen LogP contribution in [-0.4, -0.2) is 23.7 Å². The zero-order valence-electron chi connectivity index (χ0n) is 10.7. The van der Waals surface area contributed by atoms with Crippen LogP contribution in [0.4, 0.5) is 4.79 Å². The predicted octanol–water partition coefficient (Wildman–Crippen LogP) is 2.16. The van der Waals surface area contributed by atoms with Crippen molar-refractivity contribution < 1.29 is 19.4 Å². The number of hydrogen-bond acceptors (Lipinski definition) is 3. The fourth-order valence-electron chi connectivity index (χ4n) is 1.32. The smallest absolute Gasteiger partial charge is 0.413 e. The van der Waals surface area contributed by atoms with Crippen molar-refractivity contribution in [1.82, 2.24) is 5.32 Å². The van der Waals surface area contributed by atoms with E-state index in [0.717, 1.165) is 5.56 Å². The number of amides is 1. The molecule has 0 aliphatic rings. The number of carbonyl (C=O) groups is 2. The highest BCUT2D eigenvalue weighted by Gasteiger charge is 2.15. The summed E-state index contributed by atoms with van der Waals surface area (Å²) in [6.07, 6.45) is -0.775. The Morgan fingerprint density at radius 1 is 1.33 bits per heavy atom. The normalized spacial score (nSPS) is 10.8. The van der Waals surface area contributed by atoms with Crippen LogP contribution in [0.25, 0.3) is 0 Å². The number of carboxylic acid groups (broad SMARTS) is 1. The molecule has 0 fully saturated rings. The Morgan fingerprint density at radius 2 is 2.00 bits per heavy atom. The number of ether oxygens (including phenoxy) is 1. The van der Waals surface area contributed by atoms with Crippen LogP contribution >= 0.6 is 0 Å². The molecule has 98 valence electrons. The third-order valence-electron chi connectivity index (χ3n) is 2.29. The van der Waals surface area contributed by atoms with E-state index in [2.05, 4.69) is 26.1 Å². The average molecular weight is 251 g/mol. The van der Waals surface area contributed by atoms with Crippen LogP contribution in [0.5, 0.6) is 5.75 Å². The first-order chi connectivity index (χ1) is 8.29. The van der Waals surface area contributed by atoms with Crippen LogP contribution < -0.4 is 10.1 Å². The second-order valence-electron chi connectivity index (χ2n) is 4.91. The second-order valence-corrected chi connectivity index (χ2v) is 4.91. The van der Waals surface area contributed by atoms with Gasteiger partial charge in [-0.05, 0) is 23.1 Å². The summed E-state index contributed by atoms with van der Waals surface area (Å²) in [6, 6.07) is 7.15. The molecule has 2 N–H and O–H groups in total. The molecule has 0 unspecified atom stereocenters. The first kappa shape index (κ1) is 14.0. The Morgan fingerprint density at radius 3 is 2.56 bits per heavy atom. The molecule has 1 amide bonds. The Bertz CT molecular complexity index is 449. The van der Waals surface area contributed by atoms with Crippen molar-refractivity contribution in [2.75, 3.05) is 6.54 Å². The van der Waals surface area contributed by atoms with Crippen LogP contribution in [0.15, 0.2) is 24.3 Å². The summed E-state index contributed by atoms with van der Waals surface area (Å²) in [7, 11) is 0. The molecule has 18 heavy (non-hydrogen) atoms. The van der Waals surface area contributed by atoms with E-state index in [1.807, 2.05) is 6.07 Å². The van der Waals surface area contributed by atoms with Gasteiger partial charge in [0.05, 0.1) is 0 Å². The molecule has 0 aromatic heterocycles. The standard InChI is InChI=1S/C13H17NO4/c1-13(2,3)9-5-4-6-10(7-9)18-12(17)14-8-11(15)16/h4-7H,8H2,1-3H3,(H,14,17)(H,15,16). The largest absolute Gasteiger partial charge is 0.480 e. The van der Waals surface area contributed by atoms with Crippen molar-refractivity contribution in [1.29, 1.82) is 0 Å². The van der Waals surface area contributed by atoms with Crippen LogP contribution in [0.2, 0.25) is 0 Å². The summed E-state index contributed by atoms with van der Waals surface area (Å²) < 4.78 is 4.99. The van der Waals surface area contributed by atoms with Gasteiger partial charge in [0.2, 0.25) is 0 Å². The van der Waals surface area contributed by atoms with Crippen molar-refractivity contribution in [2.24, 2.45) is 0 Å². The van der Waals surface area contributed by atoms with E-state index in [4.69, 9.17) is 9.84 Å². The Balaban J connectivity index is 2.68. The number of aliphatic carboxylic acids is 1. The molecule has 0 radical (unpaired) electrons. The lowest BCUT2D eigenvalue weighted by Gasteiger charge is -2.19. The summed E-state index contributed by atoms with van der Waals surface area (Å²) in [6.45, 7) is 5.70. The van der Waals surface area contributed by atoms with Gasteiger partial charge >= 0.3 is 12.1 Å². The maximum atomic E-state index is 11.3. The zero-order valence-corrected chi connectivity index (χ0v) is 10.7. The van der Waals surface area contributed by atoms with Gasteiger partial charge in [-0.3, -0.25) is 4.79 Å². The highest BCUT2D eigenvalue weighted by atomic mass is 16.6. The molecule has 1 aromatic carbocycles. The van der Waals surface area contributed by atoms with Gasteiger partial charge in [-0.15, -0.1) is 0 Å². The number of nitrogens with one attached hydrogen (secondary N) is 1. The van der Waals surface area contributed by atoms with Gasteiger partial charge in [0.15, 0.2) is 0 Å². The fraction of sp³-hybridized carbons (Fsp3) is 0.385. The van der Waals surface area contributed by atoms with Crippen LogP contribution in [0, 0.1) is 0 Å². The number of benzene rings is 1. The highest BCUT2D eigenvalue weighted by Crippen LogP contribution is 2.25. The van der Waals surface area contributed by atoms with Gasteiger partial charge in [-0.25, -0.2) is 4.79 Å². The Hall–Kier alpha value is -2.04. The molecule has 5 heteroatoms. The van der Waals surface area contributed by atoms with E-state index >= 15 is 0 Å². The van der Waals surface area contributed by atoms with Crippen molar-refractivity contribution in [3.8, 4) is 5.75 Å². The van der Waals surface area contributed by atoms with Crippen molar-refractivity contribution >= 4 is 12.1 Å². The maximum Gasteiger partial charge on any atom is 0.413 e. The van der Waals surface area contributed by atoms with E-state index in [1.54, 1.807) is 18.2 Å². The monoisotopic (exact) mass is 251 g/mol. The van der Waals surface area contributed by atoms with Crippen molar-refractivity contribution in [2.45, 2.75) is 26.2 Å². The minimum absolute atomic E-state index is 0.0447. The van der Waals surface area contributed by atoms with Crippen LogP contribution in [0.3, 0.4) is 0 Å². The first-order valence-electron chi connectivity index (χ1n) is 5.57. The molecule has 0 saturated carbocycles. The molecule has 1 aromatic rings. The van der Waals surface area contributed by atoms with Crippen LogP contribution in [-0.2, 0) is 10.2 Å². The lowest BCUT2D eigenvalue weighted by molar-refractivity contribution is -0.135. The van der Waals surface area contributed by atoms with E-state index in [-0.39, 0.29) is 5.41 Å². The molecule has 0 saturated heterocycles. The quantitative estimate of drug-likeness (QED) is 0.863. The lowest BCUT2D eigenvalue weighted by Crippen LogP contribution is -2.31. The zero-order chi connectivity index (χ0) is 13.8.